The smallest absolute Gasteiger partial charge is 0.0966 e. The maximum Gasteiger partial charge on any atom is 0.0966 e. The standard InChI is InChI=1S/C13H13N/c1-11(2)13-8-5-7-12(10-13)6-3-4-9-14/h5,7-8,10-11H,4H2,1-2H3. The van der Waals surface area contributed by atoms with Gasteiger partial charge in [0.1, 0.15) is 0 Å². The maximum atomic E-state index is 8.33. The summed E-state index contributed by atoms with van der Waals surface area (Å²) in [5.74, 6) is 6.30. The van der Waals surface area contributed by atoms with Crippen LogP contribution in [0.25, 0.3) is 0 Å². The second-order valence-corrected chi connectivity index (χ2v) is 3.42. The predicted molar refractivity (Wildman–Crippen MR) is 57.6 cm³/mol. The van der Waals surface area contributed by atoms with Crippen molar-refractivity contribution in [2.24, 2.45) is 0 Å². The summed E-state index contributed by atoms with van der Waals surface area (Å²) in [6.07, 6.45) is 0.298. The van der Waals surface area contributed by atoms with Crippen molar-refractivity contribution < 1.29 is 0 Å². The zero-order chi connectivity index (χ0) is 10.4. The number of nitriles is 1. The van der Waals surface area contributed by atoms with Crippen LogP contribution in [-0.4, -0.2) is 0 Å². The van der Waals surface area contributed by atoms with Gasteiger partial charge >= 0.3 is 0 Å². The molecule has 0 amide bonds. The molecule has 0 N–H and O–H groups in total. The fraction of sp³-hybridized carbons (Fsp3) is 0.308. The molecule has 0 aliphatic rings. The van der Waals surface area contributed by atoms with Crippen molar-refractivity contribution in [2.75, 3.05) is 0 Å². The largest absolute Gasteiger partial charge is 0.197 e. The van der Waals surface area contributed by atoms with Gasteiger partial charge in [-0.05, 0) is 23.6 Å². The van der Waals surface area contributed by atoms with E-state index in [4.69, 9.17) is 5.26 Å². The molecule has 0 fully saturated rings. The van der Waals surface area contributed by atoms with E-state index < -0.39 is 0 Å². The quantitative estimate of drug-likeness (QED) is 0.614. The van der Waals surface area contributed by atoms with Crippen LogP contribution in [0.4, 0.5) is 0 Å². The highest BCUT2D eigenvalue weighted by Crippen LogP contribution is 2.14. The second kappa shape index (κ2) is 5.10. The highest BCUT2D eigenvalue weighted by molar-refractivity contribution is 5.38. The number of nitrogens with zero attached hydrogens (tertiary/aromatic N) is 1. The summed E-state index contributed by atoms with van der Waals surface area (Å²) in [6.45, 7) is 4.31. The SMILES string of the molecule is CC(C)c1cccc(C#CCC#N)c1. The number of rotatable bonds is 1. The van der Waals surface area contributed by atoms with Crippen LogP contribution in [0.3, 0.4) is 0 Å². The minimum absolute atomic E-state index is 0.298. The van der Waals surface area contributed by atoms with Crippen molar-refractivity contribution >= 4 is 0 Å². The first kappa shape index (κ1) is 10.4. The summed E-state index contributed by atoms with van der Waals surface area (Å²) >= 11 is 0. The lowest BCUT2D eigenvalue weighted by Crippen LogP contribution is -1.87. The van der Waals surface area contributed by atoms with Gasteiger partial charge in [0, 0.05) is 5.56 Å². The molecule has 0 aromatic heterocycles. The van der Waals surface area contributed by atoms with Crippen LogP contribution in [0, 0.1) is 23.2 Å². The van der Waals surface area contributed by atoms with Gasteiger partial charge in [0.25, 0.3) is 0 Å². The normalized spacial score (nSPS) is 9.00. The fourth-order valence-electron chi connectivity index (χ4n) is 1.16. The van der Waals surface area contributed by atoms with E-state index in [0.717, 1.165) is 5.56 Å². The van der Waals surface area contributed by atoms with Crippen molar-refractivity contribution in [3.8, 4) is 17.9 Å². The van der Waals surface area contributed by atoms with E-state index in [9.17, 15) is 0 Å². The van der Waals surface area contributed by atoms with Crippen LogP contribution < -0.4 is 0 Å². The van der Waals surface area contributed by atoms with Crippen molar-refractivity contribution in [1.29, 1.82) is 5.26 Å². The molecule has 1 nitrogen and oxygen atoms in total. The molecule has 1 rings (SSSR count). The van der Waals surface area contributed by atoms with Crippen molar-refractivity contribution in [1.82, 2.24) is 0 Å². The maximum absolute atomic E-state index is 8.33. The molecule has 0 saturated carbocycles. The number of benzene rings is 1. The molecule has 0 aliphatic carbocycles. The lowest BCUT2D eigenvalue weighted by atomic mass is 10.0. The Kier molecular flexibility index (Phi) is 3.77. The van der Waals surface area contributed by atoms with Crippen LogP contribution in [0.1, 0.15) is 37.3 Å². The van der Waals surface area contributed by atoms with Crippen LogP contribution in [-0.2, 0) is 0 Å². The molecule has 0 aliphatic heterocycles. The van der Waals surface area contributed by atoms with Crippen molar-refractivity contribution in [2.45, 2.75) is 26.2 Å². The predicted octanol–water partition coefficient (Wildman–Crippen LogP) is 3.08. The van der Waals surface area contributed by atoms with Crippen LogP contribution >= 0.6 is 0 Å². The Morgan fingerprint density at radius 2 is 2.14 bits per heavy atom. The summed E-state index contributed by atoms with van der Waals surface area (Å²) < 4.78 is 0. The molecule has 0 spiro atoms. The Hall–Kier alpha value is -1.73. The molecule has 1 aromatic carbocycles. The minimum Gasteiger partial charge on any atom is -0.197 e. The van der Waals surface area contributed by atoms with Crippen LogP contribution in [0.5, 0.6) is 0 Å². The first-order valence-corrected chi connectivity index (χ1v) is 4.70. The number of hydrogen-bond donors (Lipinski definition) is 0. The third-order valence-electron chi connectivity index (χ3n) is 1.95. The average Bonchev–Trinajstić information content (AvgIpc) is 2.19. The monoisotopic (exact) mass is 183 g/mol. The Bertz CT molecular complexity index is 399. The Morgan fingerprint density at radius 1 is 1.36 bits per heavy atom. The summed E-state index contributed by atoms with van der Waals surface area (Å²) in [6, 6.07) is 10.2. The van der Waals surface area contributed by atoms with Crippen LogP contribution in [0.2, 0.25) is 0 Å². The topological polar surface area (TPSA) is 23.8 Å². The van der Waals surface area contributed by atoms with Gasteiger partial charge in [-0.15, -0.1) is 0 Å². The molecule has 0 radical (unpaired) electrons. The first-order valence-electron chi connectivity index (χ1n) is 4.70. The fourth-order valence-corrected chi connectivity index (χ4v) is 1.16. The van der Waals surface area contributed by atoms with E-state index in [-0.39, 0.29) is 0 Å². The summed E-state index contributed by atoms with van der Waals surface area (Å²) in [7, 11) is 0. The lowest BCUT2D eigenvalue weighted by Gasteiger charge is -2.04. The highest BCUT2D eigenvalue weighted by atomic mass is 14.2. The molecule has 0 atom stereocenters. The molecule has 1 heteroatoms. The van der Waals surface area contributed by atoms with E-state index >= 15 is 0 Å². The van der Waals surface area contributed by atoms with Crippen molar-refractivity contribution in [3.63, 3.8) is 0 Å². The molecule has 1 aromatic rings. The molecule has 0 bridgehead atoms. The Labute approximate surface area is 85.4 Å². The highest BCUT2D eigenvalue weighted by Gasteiger charge is 1.97. The van der Waals surface area contributed by atoms with Gasteiger partial charge in [-0.2, -0.15) is 5.26 Å². The zero-order valence-electron chi connectivity index (χ0n) is 8.54. The summed E-state index contributed by atoms with van der Waals surface area (Å²) in [5.41, 5.74) is 2.28. The van der Waals surface area contributed by atoms with Crippen molar-refractivity contribution in [3.05, 3.63) is 35.4 Å². The third-order valence-corrected chi connectivity index (χ3v) is 1.95. The van der Waals surface area contributed by atoms with Gasteiger partial charge in [0.15, 0.2) is 0 Å². The minimum atomic E-state index is 0.298. The summed E-state index contributed by atoms with van der Waals surface area (Å²) in [5, 5.41) is 8.33. The van der Waals surface area contributed by atoms with Gasteiger partial charge in [0.05, 0.1) is 12.5 Å². The lowest BCUT2D eigenvalue weighted by molar-refractivity contribution is 0.866. The van der Waals surface area contributed by atoms with Gasteiger partial charge in [-0.25, -0.2) is 0 Å². The van der Waals surface area contributed by atoms with E-state index in [1.54, 1.807) is 0 Å². The molecular weight excluding hydrogens is 170 g/mol. The Balaban J connectivity index is 2.86. The van der Waals surface area contributed by atoms with E-state index in [0.29, 0.717) is 12.3 Å². The number of hydrogen-bond acceptors (Lipinski definition) is 1. The van der Waals surface area contributed by atoms with Gasteiger partial charge < -0.3 is 0 Å². The molecule has 0 saturated heterocycles. The van der Waals surface area contributed by atoms with Gasteiger partial charge in [0.2, 0.25) is 0 Å². The van der Waals surface area contributed by atoms with Crippen LogP contribution in [0.15, 0.2) is 24.3 Å². The average molecular weight is 183 g/mol. The molecular formula is C13H13N. The molecule has 0 heterocycles. The third kappa shape index (κ3) is 2.96. The van der Waals surface area contributed by atoms with Gasteiger partial charge in [-0.3, -0.25) is 0 Å². The zero-order valence-corrected chi connectivity index (χ0v) is 8.54. The van der Waals surface area contributed by atoms with E-state index in [2.05, 4.69) is 37.8 Å². The first-order chi connectivity index (χ1) is 6.74. The summed E-state index contributed by atoms with van der Waals surface area (Å²) in [4.78, 5) is 0. The van der Waals surface area contributed by atoms with E-state index in [1.807, 2.05) is 18.2 Å². The van der Waals surface area contributed by atoms with Gasteiger partial charge in [-0.1, -0.05) is 37.8 Å². The Morgan fingerprint density at radius 3 is 2.79 bits per heavy atom. The molecule has 14 heavy (non-hydrogen) atoms. The molecule has 0 unspecified atom stereocenters. The van der Waals surface area contributed by atoms with E-state index in [1.165, 1.54) is 5.56 Å². The molecule has 70 valence electrons. The second-order valence-electron chi connectivity index (χ2n) is 3.42.